The number of hydrogen-bond acceptors (Lipinski definition) is 6. The maximum atomic E-state index is 12.8. The van der Waals surface area contributed by atoms with Gasteiger partial charge in [-0.05, 0) is 49.4 Å². The third kappa shape index (κ3) is 3.76. The molecule has 8 heteroatoms. The van der Waals surface area contributed by atoms with Crippen LogP contribution in [-0.4, -0.2) is 24.6 Å². The van der Waals surface area contributed by atoms with E-state index in [1.807, 2.05) is 23.8 Å². The molecule has 0 saturated heterocycles. The molecule has 1 fully saturated rings. The number of aryl methyl sites for hydroxylation is 1. The number of benzene rings is 1. The molecular formula is C20H20N2O3S3. The molecule has 146 valence electrons. The maximum absolute atomic E-state index is 12.8. The number of thiazole rings is 1. The molecular weight excluding hydrogens is 412 g/mol. The van der Waals surface area contributed by atoms with Crippen molar-refractivity contribution in [1.29, 1.82) is 0 Å². The van der Waals surface area contributed by atoms with E-state index in [1.54, 1.807) is 35.6 Å². The molecule has 1 N–H and O–H groups in total. The van der Waals surface area contributed by atoms with Crippen LogP contribution in [0.2, 0.25) is 0 Å². The van der Waals surface area contributed by atoms with E-state index in [1.165, 1.54) is 11.3 Å². The molecule has 0 bridgehead atoms. The lowest BCUT2D eigenvalue weighted by molar-refractivity contribution is 0.102. The summed E-state index contributed by atoms with van der Waals surface area (Å²) in [7, 11) is -3.36. The average molecular weight is 433 g/mol. The van der Waals surface area contributed by atoms with Crippen molar-refractivity contribution in [3.05, 3.63) is 51.7 Å². The zero-order valence-corrected chi connectivity index (χ0v) is 17.8. The number of amides is 1. The van der Waals surface area contributed by atoms with Crippen LogP contribution < -0.4 is 5.32 Å². The Kier molecular flexibility index (Phi) is 5.35. The highest BCUT2D eigenvalue weighted by Crippen LogP contribution is 2.32. The Hall–Kier alpha value is -2.03. The zero-order chi connectivity index (χ0) is 19.7. The first-order chi connectivity index (χ1) is 13.4. The second kappa shape index (κ2) is 7.77. The van der Waals surface area contributed by atoms with Gasteiger partial charge in [0.05, 0.1) is 15.8 Å². The first-order valence-corrected chi connectivity index (χ1v) is 12.4. The lowest BCUT2D eigenvalue weighted by Gasteiger charge is -2.12. The summed E-state index contributed by atoms with van der Waals surface area (Å²) in [6.45, 7) is 1.81. The molecule has 5 nitrogen and oxygen atoms in total. The monoisotopic (exact) mass is 432 g/mol. The number of thiophene rings is 1. The van der Waals surface area contributed by atoms with E-state index in [9.17, 15) is 13.2 Å². The smallest absolute Gasteiger partial charge is 0.267 e. The third-order valence-electron chi connectivity index (χ3n) is 4.93. The lowest BCUT2D eigenvalue weighted by atomic mass is 10.3. The molecule has 0 atom stereocenters. The van der Waals surface area contributed by atoms with Crippen LogP contribution in [-0.2, 0) is 9.84 Å². The van der Waals surface area contributed by atoms with E-state index in [0.29, 0.717) is 29.1 Å². The molecule has 0 spiro atoms. The van der Waals surface area contributed by atoms with Gasteiger partial charge in [0.1, 0.15) is 9.88 Å². The normalized spacial score (nSPS) is 15.0. The summed E-state index contributed by atoms with van der Waals surface area (Å²) >= 11 is 2.92. The molecule has 1 aliphatic rings. The van der Waals surface area contributed by atoms with Gasteiger partial charge in [-0.3, -0.25) is 4.79 Å². The predicted octanol–water partition coefficient (Wildman–Crippen LogP) is 5.15. The van der Waals surface area contributed by atoms with Crippen molar-refractivity contribution in [3.63, 3.8) is 0 Å². The largest absolute Gasteiger partial charge is 0.321 e. The zero-order valence-electron chi connectivity index (χ0n) is 15.3. The Morgan fingerprint density at radius 2 is 2.00 bits per heavy atom. The second-order valence-corrected chi connectivity index (χ2v) is 10.9. The molecule has 2 aromatic heterocycles. The van der Waals surface area contributed by atoms with Crippen LogP contribution in [0.25, 0.3) is 10.6 Å². The molecule has 1 aliphatic carbocycles. The highest BCUT2D eigenvalue weighted by Gasteiger charge is 2.30. The predicted molar refractivity (Wildman–Crippen MR) is 114 cm³/mol. The maximum Gasteiger partial charge on any atom is 0.267 e. The standard InChI is InChI=1S/C20H20N2O3S3/c1-13-18(27-20(21-13)14-9-10-26-12-14)19(23)22-15-5-4-8-17(11-15)28(24,25)16-6-2-3-7-16/h4-5,8-12,16H,2-3,6-7H2,1H3,(H,22,23). The van der Waals surface area contributed by atoms with Gasteiger partial charge in [0, 0.05) is 16.6 Å². The van der Waals surface area contributed by atoms with Gasteiger partial charge in [0.25, 0.3) is 5.91 Å². The van der Waals surface area contributed by atoms with Crippen LogP contribution in [0, 0.1) is 6.92 Å². The van der Waals surface area contributed by atoms with Gasteiger partial charge in [-0.2, -0.15) is 11.3 Å². The van der Waals surface area contributed by atoms with Crippen molar-refractivity contribution in [2.45, 2.75) is 42.8 Å². The average Bonchev–Trinajstić information content (AvgIpc) is 3.43. The number of anilines is 1. The van der Waals surface area contributed by atoms with Crippen molar-refractivity contribution < 1.29 is 13.2 Å². The van der Waals surface area contributed by atoms with E-state index >= 15 is 0 Å². The fourth-order valence-electron chi connectivity index (χ4n) is 3.45. The fourth-order valence-corrected chi connectivity index (χ4v) is 7.02. The SMILES string of the molecule is Cc1nc(-c2ccsc2)sc1C(=O)Nc1cccc(S(=O)(=O)C2CCCC2)c1. The Morgan fingerprint density at radius 1 is 1.21 bits per heavy atom. The van der Waals surface area contributed by atoms with Crippen molar-refractivity contribution in [3.8, 4) is 10.6 Å². The summed E-state index contributed by atoms with van der Waals surface area (Å²) in [5, 5.41) is 7.30. The molecule has 3 aromatic rings. The Balaban J connectivity index is 1.56. The lowest BCUT2D eigenvalue weighted by Crippen LogP contribution is -2.18. The minimum Gasteiger partial charge on any atom is -0.321 e. The van der Waals surface area contributed by atoms with Crippen LogP contribution in [0.15, 0.2) is 46.0 Å². The molecule has 1 aromatic carbocycles. The number of carbonyl (C=O) groups excluding carboxylic acids is 1. The number of nitrogens with one attached hydrogen (secondary N) is 1. The van der Waals surface area contributed by atoms with Crippen molar-refractivity contribution in [2.75, 3.05) is 5.32 Å². The molecule has 28 heavy (non-hydrogen) atoms. The van der Waals surface area contributed by atoms with Crippen molar-refractivity contribution >= 4 is 44.1 Å². The minimum absolute atomic E-state index is 0.271. The van der Waals surface area contributed by atoms with Crippen molar-refractivity contribution in [1.82, 2.24) is 4.98 Å². The molecule has 4 rings (SSSR count). The molecule has 1 amide bonds. The number of carbonyl (C=O) groups is 1. The number of sulfone groups is 1. The Morgan fingerprint density at radius 3 is 2.71 bits per heavy atom. The first-order valence-electron chi connectivity index (χ1n) is 9.10. The third-order valence-corrected chi connectivity index (χ3v) is 9.08. The van der Waals surface area contributed by atoms with Gasteiger partial charge in [-0.1, -0.05) is 18.9 Å². The van der Waals surface area contributed by atoms with Crippen LogP contribution in [0.4, 0.5) is 5.69 Å². The second-order valence-electron chi connectivity index (χ2n) is 6.88. The highest BCUT2D eigenvalue weighted by atomic mass is 32.2. The summed E-state index contributed by atoms with van der Waals surface area (Å²) in [5.74, 6) is -0.271. The summed E-state index contributed by atoms with van der Waals surface area (Å²) < 4.78 is 25.6. The Labute approximate surface area is 172 Å². The Bertz CT molecular complexity index is 1100. The van der Waals surface area contributed by atoms with Gasteiger partial charge < -0.3 is 5.32 Å². The fraction of sp³-hybridized carbons (Fsp3) is 0.300. The summed E-state index contributed by atoms with van der Waals surface area (Å²) in [6.07, 6.45) is 3.34. The van der Waals surface area contributed by atoms with E-state index in [-0.39, 0.29) is 16.1 Å². The van der Waals surface area contributed by atoms with Gasteiger partial charge >= 0.3 is 0 Å². The quantitative estimate of drug-likeness (QED) is 0.605. The molecule has 0 aliphatic heterocycles. The van der Waals surface area contributed by atoms with Gasteiger partial charge in [-0.25, -0.2) is 13.4 Å². The molecule has 0 unspecified atom stereocenters. The number of aromatic nitrogens is 1. The summed E-state index contributed by atoms with van der Waals surface area (Å²) in [4.78, 5) is 18.0. The molecule has 0 radical (unpaired) electrons. The van der Waals surface area contributed by atoms with Crippen molar-refractivity contribution in [2.24, 2.45) is 0 Å². The van der Waals surface area contributed by atoms with Crippen LogP contribution in [0.3, 0.4) is 0 Å². The van der Waals surface area contributed by atoms with Crippen LogP contribution >= 0.6 is 22.7 Å². The molecule has 1 saturated carbocycles. The van der Waals surface area contributed by atoms with Gasteiger partial charge in [0.2, 0.25) is 0 Å². The number of nitrogens with zero attached hydrogens (tertiary/aromatic N) is 1. The number of rotatable bonds is 5. The first kappa shape index (κ1) is 19.3. The van der Waals surface area contributed by atoms with Gasteiger partial charge in [0.15, 0.2) is 9.84 Å². The summed E-state index contributed by atoms with van der Waals surface area (Å²) in [6, 6.07) is 8.52. The topological polar surface area (TPSA) is 76.1 Å². The number of hydrogen-bond donors (Lipinski definition) is 1. The minimum atomic E-state index is -3.36. The molecule has 2 heterocycles. The van der Waals surface area contributed by atoms with Gasteiger partial charge in [-0.15, -0.1) is 11.3 Å². The van der Waals surface area contributed by atoms with Crippen LogP contribution in [0.1, 0.15) is 41.0 Å². The van der Waals surface area contributed by atoms with E-state index < -0.39 is 9.84 Å². The van der Waals surface area contributed by atoms with E-state index in [2.05, 4.69) is 10.3 Å². The highest BCUT2D eigenvalue weighted by molar-refractivity contribution is 7.92. The van der Waals surface area contributed by atoms with E-state index in [4.69, 9.17) is 0 Å². The summed E-state index contributed by atoms with van der Waals surface area (Å²) in [5.41, 5.74) is 2.15. The van der Waals surface area contributed by atoms with Crippen LogP contribution in [0.5, 0.6) is 0 Å². The van der Waals surface area contributed by atoms with E-state index in [0.717, 1.165) is 23.4 Å².